The molecule has 86 valence electrons. The van der Waals surface area contributed by atoms with Gasteiger partial charge in [-0.1, -0.05) is 0 Å². The van der Waals surface area contributed by atoms with E-state index in [1.165, 1.54) is 23.5 Å². The summed E-state index contributed by atoms with van der Waals surface area (Å²) in [5.41, 5.74) is 0.671. The lowest BCUT2D eigenvalue weighted by Crippen LogP contribution is -2.17. The molecular formula is C8H3BrF3NOS2. The normalized spacial score (nSPS) is 12.0. The maximum atomic E-state index is 12.0. The van der Waals surface area contributed by atoms with Gasteiger partial charge >= 0.3 is 6.36 Å². The lowest BCUT2D eigenvalue weighted by molar-refractivity contribution is -0.274. The van der Waals surface area contributed by atoms with Gasteiger partial charge in [-0.05, 0) is 34.2 Å². The quantitative estimate of drug-likeness (QED) is 0.772. The summed E-state index contributed by atoms with van der Waals surface area (Å²) >= 11 is 9.24. The van der Waals surface area contributed by atoms with Crippen LogP contribution in [0.3, 0.4) is 0 Å². The van der Waals surface area contributed by atoms with Crippen LogP contribution in [0.2, 0.25) is 0 Å². The van der Waals surface area contributed by atoms with Gasteiger partial charge in [-0.3, -0.25) is 0 Å². The summed E-state index contributed by atoms with van der Waals surface area (Å²) in [6.45, 7) is 0. The van der Waals surface area contributed by atoms with E-state index in [0.29, 0.717) is 18.6 Å². The van der Waals surface area contributed by atoms with Crippen LogP contribution in [-0.4, -0.2) is 11.3 Å². The van der Waals surface area contributed by atoms with Crippen LogP contribution in [0.5, 0.6) is 5.75 Å². The highest BCUT2D eigenvalue weighted by molar-refractivity contribution is 9.10. The zero-order valence-electron chi connectivity index (χ0n) is 7.39. The number of benzene rings is 1. The van der Waals surface area contributed by atoms with E-state index in [4.69, 9.17) is 12.2 Å². The first-order valence-electron chi connectivity index (χ1n) is 3.93. The molecule has 0 atom stereocenters. The third-order valence-electron chi connectivity index (χ3n) is 1.69. The minimum atomic E-state index is -4.69. The van der Waals surface area contributed by atoms with E-state index in [1.54, 1.807) is 0 Å². The second-order valence-electron chi connectivity index (χ2n) is 2.84. The van der Waals surface area contributed by atoms with Crippen molar-refractivity contribution in [2.24, 2.45) is 0 Å². The summed E-state index contributed by atoms with van der Waals surface area (Å²) in [5, 5.41) is 0. The zero-order chi connectivity index (χ0) is 11.9. The number of rotatable bonds is 1. The van der Waals surface area contributed by atoms with Crippen molar-refractivity contribution in [2.75, 3.05) is 0 Å². The number of alkyl halides is 3. The molecule has 0 aliphatic carbocycles. The van der Waals surface area contributed by atoms with Crippen molar-refractivity contribution in [3.8, 4) is 5.75 Å². The van der Waals surface area contributed by atoms with Gasteiger partial charge in [-0.25, -0.2) is 0 Å². The Balaban J connectivity index is 2.53. The summed E-state index contributed by atoms with van der Waals surface area (Å²) in [7, 11) is 0. The van der Waals surface area contributed by atoms with Crippen molar-refractivity contribution in [1.82, 2.24) is 4.98 Å². The number of halogens is 4. The molecule has 0 fully saturated rings. The first kappa shape index (κ1) is 11.9. The predicted molar refractivity (Wildman–Crippen MR) is 61.4 cm³/mol. The predicted octanol–water partition coefficient (Wildman–Crippen LogP) is 4.62. The molecule has 0 unspecified atom stereocenters. The fraction of sp³-hybridized carbons (Fsp3) is 0.125. The van der Waals surface area contributed by atoms with Gasteiger partial charge in [0.15, 0.2) is 3.95 Å². The van der Waals surface area contributed by atoms with Gasteiger partial charge in [0.05, 0.1) is 10.2 Å². The number of hydrogen-bond acceptors (Lipinski definition) is 3. The minimum absolute atomic E-state index is 0.267. The molecule has 2 rings (SSSR count). The molecule has 8 heteroatoms. The Kier molecular flexibility index (Phi) is 2.97. The minimum Gasteiger partial charge on any atom is -0.406 e. The Labute approximate surface area is 105 Å². The monoisotopic (exact) mass is 329 g/mol. The van der Waals surface area contributed by atoms with Gasteiger partial charge in [0.2, 0.25) is 0 Å². The first-order valence-corrected chi connectivity index (χ1v) is 5.95. The molecule has 0 aliphatic heterocycles. The molecule has 1 aromatic heterocycles. The summed E-state index contributed by atoms with van der Waals surface area (Å²) in [6.07, 6.45) is -4.69. The Morgan fingerprint density at radius 2 is 2.06 bits per heavy atom. The third-order valence-corrected chi connectivity index (χ3v) is 3.50. The van der Waals surface area contributed by atoms with Crippen LogP contribution in [0.1, 0.15) is 0 Å². The van der Waals surface area contributed by atoms with Gasteiger partial charge in [-0.15, -0.1) is 24.5 Å². The highest BCUT2D eigenvalue weighted by atomic mass is 79.9. The Morgan fingerprint density at radius 3 is 2.69 bits per heavy atom. The first-order chi connectivity index (χ1) is 7.35. The number of hydrogen-bond donors (Lipinski definition) is 1. The molecule has 0 saturated carbocycles. The highest BCUT2D eigenvalue weighted by Crippen LogP contribution is 2.33. The molecule has 0 amide bonds. The molecule has 1 heterocycles. The van der Waals surface area contributed by atoms with Crippen LogP contribution < -0.4 is 4.74 Å². The van der Waals surface area contributed by atoms with Crippen LogP contribution >= 0.6 is 39.5 Å². The van der Waals surface area contributed by atoms with Crippen molar-refractivity contribution >= 4 is 49.7 Å². The lowest BCUT2D eigenvalue weighted by atomic mass is 10.3. The second-order valence-corrected chi connectivity index (χ2v) is 5.41. The fourth-order valence-electron chi connectivity index (χ4n) is 1.18. The van der Waals surface area contributed by atoms with Crippen molar-refractivity contribution in [1.29, 1.82) is 0 Å². The highest BCUT2D eigenvalue weighted by Gasteiger charge is 2.31. The Bertz CT molecular complexity index is 589. The van der Waals surface area contributed by atoms with Crippen LogP contribution in [0.4, 0.5) is 13.2 Å². The molecule has 2 nitrogen and oxygen atoms in total. The SMILES string of the molecule is FC(F)(F)Oc1cc(Br)c2[nH]c(=S)sc2c1. The smallest absolute Gasteiger partial charge is 0.406 e. The van der Waals surface area contributed by atoms with Gasteiger partial charge in [0, 0.05) is 10.5 Å². The summed E-state index contributed by atoms with van der Waals surface area (Å²) in [5.74, 6) is -0.267. The molecule has 16 heavy (non-hydrogen) atoms. The van der Waals surface area contributed by atoms with Crippen molar-refractivity contribution in [2.45, 2.75) is 6.36 Å². The van der Waals surface area contributed by atoms with E-state index in [0.717, 1.165) is 0 Å². The number of ether oxygens (including phenoxy) is 1. The maximum Gasteiger partial charge on any atom is 0.573 e. The third kappa shape index (κ3) is 2.55. The van der Waals surface area contributed by atoms with Gasteiger partial charge in [-0.2, -0.15) is 0 Å². The van der Waals surface area contributed by atoms with Crippen molar-refractivity contribution in [3.63, 3.8) is 0 Å². The molecule has 0 radical (unpaired) electrons. The van der Waals surface area contributed by atoms with E-state index >= 15 is 0 Å². The van der Waals surface area contributed by atoms with Crippen LogP contribution in [0.25, 0.3) is 10.2 Å². The molecule has 1 aromatic carbocycles. The van der Waals surface area contributed by atoms with Crippen LogP contribution in [0.15, 0.2) is 16.6 Å². The lowest BCUT2D eigenvalue weighted by Gasteiger charge is -2.08. The van der Waals surface area contributed by atoms with Gasteiger partial charge in [0.25, 0.3) is 0 Å². The number of thiazole rings is 1. The summed E-state index contributed by atoms with van der Waals surface area (Å²) in [6, 6.07) is 2.54. The second kappa shape index (κ2) is 4.01. The molecule has 0 spiro atoms. The summed E-state index contributed by atoms with van der Waals surface area (Å²) < 4.78 is 41.5. The Morgan fingerprint density at radius 1 is 1.38 bits per heavy atom. The zero-order valence-corrected chi connectivity index (χ0v) is 10.6. The molecule has 0 aliphatic rings. The largest absolute Gasteiger partial charge is 0.573 e. The maximum absolute atomic E-state index is 12.0. The van der Waals surface area contributed by atoms with E-state index in [2.05, 4.69) is 25.7 Å². The average molecular weight is 330 g/mol. The number of fused-ring (bicyclic) bond motifs is 1. The van der Waals surface area contributed by atoms with E-state index < -0.39 is 6.36 Å². The van der Waals surface area contributed by atoms with Crippen LogP contribution in [0, 0.1) is 3.95 Å². The molecular weight excluding hydrogens is 327 g/mol. The molecule has 0 bridgehead atoms. The standard InChI is InChI=1S/C8H3BrF3NOS2/c9-4-1-3(14-8(10,11)12)2-5-6(4)13-7(15)16-5/h1-2H,(H,13,15). The van der Waals surface area contributed by atoms with Crippen molar-refractivity contribution in [3.05, 3.63) is 20.6 Å². The number of aromatic amines is 1. The van der Waals surface area contributed by atoms with Crippen molar-refractivity contribution < 1.29 is 17.9 Å². The topological polar surface area (TPSA) is 25.0 Å². The Hall–Kier alpha value is -0.600. The number of H-pyrrole nitrogens is 1. The van der Waals surface area contributed by atoms with E-state index in [1.807, 2.05) is 0 Å². The summed E-state index contributed by atoms with van der Waals surface area (Å²) in [4.78, 5) is 2.87. The van der Waals surface area contributed by atoms with E-state index in [9.17, 15) is 13.2 Å². The van der Waals surface area contributed by atoms with Crippen LogP contribution in [-0.2, 0) is 0 Å². The fourth-order valence-corrected chi connectivity index (χ4v) is 3.01. The molecule has 0 saturated heterocycles. The van der Waals surface area contributed by atoms with Gasteiger partial charge < -0.3 is 9.72 Å². The average Bonchev–Trinajstić information content (AvgIpc) is 2.42. The number of nitrogens with one attached hydrogen (secondary N) is 1. The molecule has 1 N–H and O–H groups in total. The van der Waals surface area contributed by atoms with Gasteiger partial charge in [0.1, 0.15) is 5.75 Å². The van der Waals surface area contributed by atoms with E-state index in [-0.39, 0.29) is 5.75 Å². The number of aromatic nitrogens is 1. The molecule has 2 aromatic rings.